The second-order valence-corrected chi connectivity index (χ2v) is 8.77. The molecule has 3 unspecified atom stereocenters. The van der Waals surface area contributed by atoms with Crippen LogP contribution >= 0.6 is 0 Å². The van der Waals surface area contributed by atoms with Crippen molar-refractivity contribution in [3.63, 3.8) is 0 Å². The fourth-order valence-electron chi connectivity index (χ4n) is 4.48. The molecule has 1 aromatic carbocycles. The second kappa shape index (κ2) is 9.73. The van der Waals surface area contributed by atoms with Gasteiger partial charge in [0, 0.05) is 27.2 Å². The molecule has 1 aromatic heterocycles. The van der Waals surface area contributed by atoms with Gasteiger partial charge in [-0.15, -0.1) is 0 Å². The topological polar surface area (TPSA) is 70.6 Å². The van der Waals surface area contributed by atoms with E-state index in [0.717, 1.165) is 18.6 Å². The maximum absolute atomic E-state index is 15.3. The number of carbonyl (C=O) groups excluding carboxylic acids is 1. The van der Waals surface area contributed by atoms with E-state index >= 15 is 4.39 Å². The zero-order chi connectivity index (χ0) is 24.5. The molecule has 2 fully saturated rings. The summed E-state index contributed by atoms with van der Waals surface area (Å²) in [6.45, 7) is 0.812. The van der Waals surface area contributed by atoms with E-state index in [1.165, 1.54) is 23.4 Å². The Bertz CT molecular complexity index is 1020. The minimum absolute atomic E-state index is 0.0223. The average Bonchev–Trinajstić information content (AvgIpc) is 3.47. The van der Waals surface area contributed by atoms with Crippen LogP contribution in [-0.2, 0) is 15.7 Å². The Hall–Kier alpha value is -2.95. The molecule has 3 heterocycles. The molecule has 2 aliphatic rings. The van der Waals surface area contributed by atoms with Crippen LogP contribution in [0.15, 0.2) is 30.6 Å². The summed E-state index contributed by atoms with van der Waals surface area (Å²) in [7, 11) is 3.34. The monoisotopic (exact) mass is 481 g/mol. The molecule has 34 heavy (non-hydrogen) atoms. The standard InChI is InChI=1S/C23H27F4N5O2/c1-31(2)22(33)18-10-9-16(34-18)12-28-20-19(24)21(30-13-29-20)32-11-3-4-17(32)14-5-7-15(8-6-14)23(25,26)27/h5-8,13,16-18H,3-4,9-12H2,1-2H3,(H,28,29,30). The number of rotatable bonds is 6. The molecule has 3 atom stereocenters. The lowest BCUT2D eigenvalue weighted by Crippen LogP contribution is -2.34. The first-order valence-electron chi connectivity index (χ1n) is 11.2. The van der Waals surface area contributed by atoms with Crippen molar-refractivity contribution < 1.29 is 27.1 Å². The van der Waals surface area contributed by atoms with Crippen molar-refractivity contribution in [1.82, 2.24) is 14.9 Å². The fraction of sp³-hybridized carbons (Fsp3) is 0.522. The van der Waals surface area contributed by atoms with Gasteiger partial charge >= 0.3 is 6.18 Å². The van der Waals surface area contributed by atoms with Gasteiger partial charge in [-0.25, -0.2) is 9.97 Å². The number of hydrogen-bond acceptors (Lipinski definition) is 6. The third kappa shape index (κ3) is 5.08. The van der Waals surface area contributed by atoms with Crippen LogP contribution in [0.4, 0.5) is 29.2 Å². The van der Waals surface area contributed by atoms with Crippen molar-refractivity contribution in [3.05, 3.63) is 47.5 Å². The molecule has 2 aliphatic heterocycles. The Balaban J connectivity index is 1.44. The van der Waals surface area contributed by atoms with Gasteiger partial charge in [-0.2, -0.15) is 17.6 Å². The van der Waals surface area contributed by atoms with Gasteiger partial charge in [-0.3, -0.25) is 4.79 Å². The third-order valence-corrected chi connectivity index (χ3v) is 6.24. The highest BCUT2D eigenvalue weighted by Crippen LogP contribution is 2.38. The molecule has 1 N–H and O–H groups in total. The number of aromatic nitrogens is 2. The molecular formula is C23H27F4N5O2. The summed E-state index contributed by atoms with van der Waals surface area (Å²) in [5.41, 5.74) is -0.0434. The van der Waals surface area contributed by atoms with Crippen molar-refractivity contribution in [2.24, 2.45) is 0 Å². The first-order chi connectivity index (χ1) is 16.1. The van der Waals surface area contributed by atoms with Crippen LogP contribution in [0.5, 0.6) is 0 Å². The van der Waals surface area contributed by atoms with Gasteiger partial charge in [0.05, 0.1) is 17.7 Å². The summed E-state index contributed by atoms with van der Waals surface area (Å²) in [5.74, 6) is -0.594. The smallest absolute Gasteiger partial charge is 0.365 e. The number of alkyl halides is 3. The molecule has 0 aliphatic carbocycles. The lowest BCUT2D eigenvalue weighted by molar-refractivity contribution is -0.140. The molecule has 2 aromatic rings. The molecule has 0 bridgehead atoms. The Morgan fingerprint density at radius 3 is 2.59 bits per heavy atom. The highest BCUT2D eigenvalue weighted by molar-refractivity contribution is 5.80. The van der Waals surface area contributed by atoms with Crippen LogP contribution in [0.1, 0.15) is 42.9 Å². The lowest BCUT2D eigenvalue weighted by Gasteiger charge is -2.27. The van der Waals surface area contributed by atoms with Crippen LogP contribution in [-0.4, -0.2) is 60.2 Å². The summed E-state index contributed by atoms with van der Waals surface area (Å²) < 4.78 is 59.8. The largest absolute Gasteiger partial charge is 0.416 e. The molecule has 0 saturated carbocycles. The highest BCUT2D eigenvalue weighted by Gasteiger charge is 2.34. The van der Waals surface area contributed by atoms with E-state index in [1.807, 2.05) is 0 Å². The number of carbonyl (C=O) groups is 1. The third-order valence-electron chi connectivity index (χ3n) is 6.24. The van der Waals surface area contributed by atoms with E-state index in [9.17, 15) is 18.0 Å². The van der Waals surface area contributed by atoms with E-state index in [0.29, 0.717) is 31.4 Å². The molecule has 4 rings (SSSR count). The fourth-order valence-corrected chi connectivity index (χ4v) is 4.48. The van der Waals surface area contributed by atoms with Crippen molar-refractivity contribution in [2.45, 2.75) is 50.1 Å². The number of likely N-dealkylation sites (N-methyl/N-ethyl adjacent to an activating group) is 1. The van der Waals surface area contributed by atoms with Crippen molar-refractivity contribution in [2.75, 3.05) is 37.4 Å². The van der Waals surface area contributed by atoms with E-state index in [2.05, 4.69) is 15.3 Å². The maximum atomic E-state index is 15.3. The molecule has 0 spiro atoms. The molecule has 11 heteroatoms. The van der Waals surface area contributed by atoms with Gasteiger partial charge in [-0.05, 0) is 43.4 Å². The number of ether oxygens (including phenoxy) is 1. The number of benzene rings is 1. The van der Waals surface area contributed by atoms with Crippen molar-refractivity contribution in [1.29, 1.82) is 0 Å². The number of anilines is 2. The summed E-state index contributed by atoms with van der Waals surface area (Å²) in [6.07, 6.45) is -1.20. The number of amides is 1. The van der Waals surface area contributed by atoms with Crippen LogP contribution in [0.25, 0.3) is 0 Å². The molecule has 1 amide bonds. The van der Waals surface area contributed by atoms with Crippen LogP contribution in [0.2, 0.25) is 0 Å². The predicted octanol–water partition coefficient (Wildman–Crippen LogP) is 4.02. The quantitative estimate of drug-likeness (QED) is 0.629. The number of nitrogens with one attached hydrogen (secondary N) is 1. The number of hydrogen-bond donors (Lipinski definition) is 1. The SMILES string of the molecule is CN(C)C(=O)C1CCC(CNc2ncnc(N3CCCC3c3ccc(C(F)(F)F)cc3)c2F)O1. The Kier molecular flexibility index (Phi) is 6.92. The Labute approximate surface area is 195 Å². The molecular weight excluding hydrogens is 454 g/mol. The summed E-state index contributed by atoms with van der Waals surface area (Å²) in [4.78, 5) is 23.5. The van der Waals surface area contributed by atoms with Gasteiger partial charge in [0.15, 0.2) is 11.6 Å². The van der Waals surface area contributed by atoms with E-state index < -0.39 is 23.7 Å². The zero-order valence-electron chi connectivity index (χ0n) is 19.0. The Morgan fingerprint density at radius 1 is 1.18 bits per heavy atom. The molecule has 2 saturated heterocycles. The van der Waals surface area contributed by atoms with Crippen molar-refractivity contribution >= 4 is 17.5 Å². The molecule has 7 nitrogen and oxygen atoms in total. The van der Waals surface area contributed by atoms with E-state index in [4.69, 9.17) is 4.74 Å². The number of halogens is 4. The van der Waals surface area contributed by atoms with Crippen LogP contribution in [0.3, 0.4) is 0 Å². The second-order valence-electron chi connectivity index (χ2n) is 8.77. The van der Waals surface area contributed by atoms with Crippen LogP contribution < -0.4 is 10.2 Å². The van der Waals surface area contributed by atoms with E-state index in [-0.39, 0.29) is 36.2 Å². The van der Waals surface area contributed by atoms with Crippen LogP contribution in [0, 0.1) is 5.82 Å². The average molecular weight is 481 g/mol. The van der Waals surface area contributed by atoms with E-state index in [1.54, 1.807) is 19.0 Å². The molecule has 184 valence electrons. The van der Waals surface area contributed by atoms with Gasteiger partial charge in [-0.1, -0.05) is 12.1 Å². The summed E-state index contributed by atoms with van der Waals surface area (Å²) >= 11 is 0. The number of nitrogens with zero attached hydrogens (tertiary/aromatic N) is 4. The Morgan fingerprint density at radius 2 is 1.91 bits per heavy atom. The summed E-state index contributed by atoms with van der Waals surface area (Å²) in [5, 5.41) is 2.96. The highest BCUT2D eigenvalue weighted by atomic mass is 19.4. The maximum Gasteiger partial charge on any atom is 0.416 e. The lowest BCUT2D eigenvalue weighted by atomic mass is 10.0. The first-order valence-corrected chi connectivity index (χ1v) is 11.2. The summed E-state index contributed by atoms with van der Waals surface area (Å²) in [6, 6.07) is 4.69. The van der Waals surface area contributed by atoms with Gasteiger partial charge in [0.2, 0.25) is 5.82 Å². The predicted molar refractivity (Wildman–Crippen MR) is 118 cm³/mol. The minimum atomic E-state index is -4.41. The zero-order valence-corrected chi connectivity index (χ0v) is 19.0. The molecule has 0 radical (unpaired) electrons. The normalized spacial score (nSPS) is 22.8. The van der Waals surface area contributed by atoms with Gasteiger partial charge < -0.3 is 19.9 Å². The van der Waals surface area contributed by atoms with Crippen molar-refractivity contribution in [3.8, 4) is 0 Å². The first kappa shape index (κ1) is 24.2. The minimum Gasteiger partial charge on any atom is -0.365 e. The van der Waals surface area contributed by atoms with Gasteiger partial charge in [0.25, 0.3) is 5.91 Å². The van der Waals surface area contributed by atoms with Gasteiger partial charge in [0.1, 0.15) is 12.4 Å².